The van der Waals surface area contributed by atoms with Crippen LogP contribution in [0.3, 0.4) is 0 Å². The third-order valence-electron chi connectivity index (χ3n) is 2.87. The van der Waals surface area contributed by atoms with E-state index in [0.29, 0.717) is 0 Å². The Morgan fingerprint density at radius 1 is 1.38 bits per heavy atom. The fourth-order valence-corrected chi connectivity index (χ4v) is 1.93. The molecule has 0 aliphatic heterocycles. The maximum Gasteiger partial charge on any atom is 0.305 e. The lowest BCUT2D eigenvalue weighted by molar-refractivity contribution is -0.384. The third-order valence-corrected chi connectivity index (χ3v) is 3.09. The summed E-state index contributed by atoms with van der Waals surface area (Å²) in [4.78, 5) is 32.9. The van der Waals surface area contributed by atoms with Crippen LogP contribution in [0.2, 0.25) is 5.02 Å². The average molecular weight is 315 g/mol. The lowest BCUT2D eigenvalue weighted by Gasteiger charge is -2.20. The Bertz CT molecular complexity index is 574. The van der Waals surface area contributed by atoms with Crippen molar-refractivity contribution >= 4 is 29.2 Å². The largest absolute Gasteiger partial charge is 0.481 e. The monoisotopic (exact) mass is 314 g/mol. The Labute approximate surface area is 126 Å². The number of halogens is 1. The van der Waals surface area contributed by atoms with Crippen LogP contribution in [0, 0.1) is 16.0 Å². The molecule has 1 aromatic rings. The fraction of sp³-hybridized carbons (Fsp3) is 0.385. The zero-order chi connectivity index (χ0) is 16.2. The highest BCUT2D eigenvalue weighted by Gasteiger charge is 2.21. The number of carbonyl (C=O) groups is 2. The second-order valence-corrected chi connectivity index (χ2v) is 5.31. The van der Waals surface area contributed by atoms with Crippen LogP contribution >= 0.6 is 11.6 Å². The summed E-state index contributed by atoms with van der Waals surface area (Å²) in [6.45, 7) is 3.54. The first-order valence-electron chi connectivity index (χ1n) is 6.18. The second-order valence-electron chi connectivity index (χ2n) is 4.88. The molecule has 0 aliphatic rings. The molecule has 21 heavy (non-hydrogen) atoms. The van der Waals surface area contributed by atoms with Crippen LogP contribution in [0.4, 0.5) is 5.69 Å². The number of amides is 1. The number of nitro benzene ring substituents is 1. The van der Waals surface area contributed by atoms with Gasteiger partial charge in [0.25, 0.3) is 11.6 Å². The van der Waals surface area contributed by atoms with E-state index in [9.17, 15) is 19.7 Å². The van der Waals surface area contributed by atoms with Gasteiger partial charge in [-0.25, -0.2) is 0 Å². The van der Waals surface area contributed by atoms with Gasteiger partial charge in [-0.1, -0.05) is 25.4 Å². The number of rotatable bonds is 6. The lowest BCUT2D eigenvalue weighted by atomic mass is 10.0. The molecule has 114 valence electrons. The van der Waals surface area contributed by atoms with E-state index in [2.05, 4.69) is 5.32 Å². The van der Waals surface area contributed by atoms with Crippen molar-refractivity contribution in [1.29, 1.82) is 0 Å². The molecule has 0 radical (unpaired) electrons. The lowest BCUT2D eigenvalue weighted by Crippen LogP contribution is -2.40. The molecule has 1 aromatic carbocycles. The second kappa shape index (κ2) is 7.03. The Morgan fingerprint density at radius 3 is 2.48 bits per heavy atom. The van der Waals surface area contributed by atoms with Crippen molar-refractivity contribution in [3.05, 3.63) is 38.9 Å². The minimum Gasteiger partial charge on any atom is -0.481 e. The number of carboxylic acid groups (broad SMARTS) is 1. The first kappa shape index (κ1) is 16.9. The predicted molar refractivity (Wildman–Crippen MR) is 76.5 cm³/mol. The van der Waals surface area contributed by atoms with E-state index in [-0.39, 0.29) is 28.6 Å². The van der Waals surface area contributed by atoms with Gasteiger partial charge in [-0.2, -0.15) is 0 Å². The number of hydrogen-bond donors (Lipinski definition) is 2. The number of nitro groups is 1. The molecule has 0 fully saturated rings. The number of non-ortho nitro benzene ring substituents is 1. The smallest absolute Gasteiger partial charge is 0.305 e. The molecule has 0 heterocycles. The molecule has 0 saturated carbocycles. The van der Waals surface area contributed by atoms with Crippen molar-refractivity contribution in [2.75, 3.05) is 0 Å². The molecule has 7 nitrogen and oxygen atoms in total. The van der Waals surface area contributed by atoms with Gasteiger partial charge in [-0.05, 0) is 12.0 Å². The van der Waals surface area contributed by atoms with Crippen molar-refractivity contribution < 1.29 is 19.6 Å². The minimum absolute atomic E-state index is 0.0187. The molecule has 0 aliphatic carbocycles. The molecule has 1 rings (SSSR count). The summed E-state index contributed by atoms with van der Waals surface area (Å²) in [6, 6.07) is 2.95. The van der Waals surface area contributed by atoms with Gasteiger partial charge >= 0.3 is 5.97 Å². The molecule has 8 heteroatoms. The Kier molecular flexibility index (Phi) is 5.66. The molecule has 0 saturated heterocycles. The zero-order valence-electron chi connectivity index (χ0n) is 11.5. The van der Waals surface area contributed by atoms with Crippen LogP contribution in [0.25, 0.3) is 0 Å². The summed E-state index contributed by atoms with van der Waals surface area (Å²) in [5.74, 6) is -1.73. The van der Waals surface area contributed by atoms with Gasteiger partial charge < -0.3 is 10.4 Å². The van der Waals surface area contributed by atoms with Crippen LogP contribution in [0.15, 0.2) is 18.2 Å². The van der Waals surface area contributed by atoms with Gasteiger partial charge in [-0.3, -0.25) is 19.7 Å². The number of hydrogen-bond acceptors (Lipinski definition) is 4. The number of carbonyl (C=O) groups excluding carboxylic acids is 1. The number of nitrogens with one attached hydrogen (secondary N) is 1. The molecule has 2 N–H and O–H groups in total. The van der Waals surface area contributed by atoms with Gasteiger partial charge in [0, 0.05) is 28.8 Å². The standard InChI is InChI=1S/C13H15ClN2O5/c1-7(2)11(6-12(17)18)15-13(19)8-3-9(14)5-10(4-8)16(20)21/h3-5,7,11H,6H2,1-2H3,(H,15,19)(H,17,18). The van der Waals surface area contributed by atoms with Crippen molar-refractivity contribution in [2.45, 2.75) is 26.3 Å². The molecule has 0 aromatic heterocycles. The Morgan fingerprint density at radius 2 is 2.00 bits per heavy atom. The normalized spacial score (nSPS) is 12.0. The molecule has 1 unspecified atom stereocenters. The SMILES string of the molecule is CC(C)C(CC(=O)O)NC(=O)c1cc(Cl)cc([N+](=O)[O-])c1. The maximum atomic E-state index is 12.1. The average Bonchev–Trinajstić information content (AvgIpc) is 2.36. The summed E-state index contributed by atoms with van der Waals surface area (Å²) < 4.78 is 0. The van der Waals surface area contributed by atoms with Crippen molar-refractivity contribution in [1.82, 2.24) is 5.32 Å². The number of aliphatic carboxylic acids is 1. The van der Waals surface area contributed by atoms with Gasteiger partial charge in [0.05, 0.1) is 11.3 Å². The van der Waals surface area contributed by atoms with E-state index >= 15 is 0 Å². The highest BCUT2D eigenvalue weighted by Crippen LogP contribution is 2.21. The highest BCUT2D eigenvalue weighted by molar-refractivity contribution is 6.31. The zero-order valence-corrected chi connectivity index (χ0v) is 12.3. The quantitative estimate of drug-likeness (QED) is 0.619. The van der Waals surface area contributed by atoms with Gasteiger partial charge in [0.15, 0.2) is 0 Å². The summed E-state index contributed by atoms with van der Waals surface area (Å²) >= 11 is 5.74. The summed E-state index contributed by atoms with van der Waals surface area (Å²) in [5, 5.41) is 22.2. The van der Waals surface area contributed by atoms with Crippen molar-refractivity contribution in [2.24, 2.45) is 5.92 Å². The first-order chi connectivity index (χ1) is 9.70. The highest BCUT2D eigenvalue weighted by atomic mass is 35.5. The molecular formula is C13H15ClN2O5. The van der Waals surface area contributed by atoms with E-state index in [4.69, 9.17) is 16.7 Å². The minimum atomic E-state index is -1.04. The van der Waals surface area contributed by atoms with Crippen LogP contribution in [0.1, 0.15) is 30.6 Å². The number of carboxylic acids is 1. The molecule has 0 bridgehead atoms. The summed E-state index contributed by atoms with van der Waals surface area (Å²) in [7, 11) is 0. The van der Waals surface area contributed by atoms with Gasteiger partial charge in [-0.15, -0.1) is 0 Å². The Hall–Kier alpha value is -2.15. The van der Waals surface area contributed by atoms with Gasteiger partial charge in [0.1, 0.15) is 0 Å². The van der Waals surface area contributed by atoms with Crippen LogP contribution in [0.5, 0.6) is 0 Å². The van der Waals surface area contributed by atoms with Crippen molar-refractivity contribution in [3.63, 3.8) is 0 Å². The Balaban J connectivity index is 2.97. The molecular weight excluding hydrogens is 300 g/mol. The third kappa shape index (κ3) is 5.03. The first-order valence-corrected chi connectivity index (χ1v) is 6.56. The van der Waals surface area contributed by atoms with Gasteiger partial charge in [0.2, 0.25) is 0 Å². The van der Waals surface area contributed by atoms with E-state index < -0.39 is 22.8 Å². The number of benzene rings is 1. The molecule has 0 spiro atoms. The fourth-order valence-electron chi connectivity index (χ4n) is 1.70. The summed E-state index contributed by atoms with van der Waals surface area (Å²) in [6.07, 6.45) is -0.230. The van der Waals surface area contributed by atoms with E-state index in [1.807, 2.05) is 0 Å². The molecule has 1 amide bonds. The predicted octanol–water partition coefficient (Wildman–Crippen LogP) is 2.48. The topological polar surface area (TPSA) is 110 Å². The van der Waals surface area contributed by atoms with Crippen LogP contribution < -0.4 is 5.32 Å². The van der Waals surface area contributed by atoms with Crippen molar-refractivity contribution in [3.8, 4) is 0 Å². The molecule has 1 atom stereocenters. The summed E-state index contributed by atoms with van der Waals surface area (Å²) in [5.41, 5.74) is -0.280. The number of nitrogens with zero attached hydrogens (tertiary/aromatic N) is 1. The van der Waals surface area contributed by atoms with E-state index in [0.717, 1.165) is 12.1 Å². The van der Waals surface area contributed by atoms with Crippen LogP contribution in [-0.4, -0.2) is 27.9 Å². The van der Waals surface area contributed by atoms with E-state index in [1.54, 1.807) is 13.8 Å². The maximum absolute atomic E-state index is 12.1. The van der Waals surface area contributed by atoms with Crippen LogP contribution in [-0.2, 0) is 4.79 Å². The van der Waals surface area contributed by atoms with E-state index in [1.165, 1.54) is 6.07 Å².